The molecule has 3 aliphatic heterocycles. The van der Waals surface area contributed by atoms with Crippen LogP contribution < -0.4 is 5.32 Å². The summed E-state index contributed by atoms with van der Waals surface area (Å²) < 4.78 is 1.17. The van der Waals surface area contributed by atoms with Crippen molar-refractivity contribution in [1.29, 1.82) is 0 Å². The van der Waals surface area contributed by atoms with E-state index in [0.717, 1.165) is 19.3 Å². The number of hydrogen-bond donors (Lipinski definition) is 2. The highest BCUT2D eigenvalue weighted by Crippen LogP contribution is 2.75. The number of anilines is 1. The van der Waals surface area contributed by atoms with Crippen LogP contribution in [0.5, 0.6) is 0 Å². The van der Waals surface area contributed by atoms with E-state index in [1.165, 1.54) is 48.1 Å². The van der Waals surface area contributed by atoms with Gasteiger partial charge in [-0.1, -0.05) is 18.2 Å². The molecule has 0 aromatic heterocycles. The van der Waals surface area contributed by atoms with Crippen LogP contribution in [-0.4, -0.2) is 47.3 Å². The fourth-order valence-electron chi connectivity index (χ4n) is 8.67. The first-order chi connectivity index (χ1) is 12.0. The minimum atomic E-state index is -0.580. The van der Waals surface area contributed by atoms with Crippen molar-refractivity contribution in [1.82, 2.24) is 0 Å². The van der Waals surface area contributed by atoms with Crippen molar-refractivity contribution in [3.8, 4) is 0 Å². The SMILES string of the molecule is C[N+]12CCC[C@@]34CC[C@@]5(Nc6ccccc6[C@]5(CC1)[C@H]32)[C@H](C(=O)O)C4. The Hall–Kier alpha value is -1.55. The molecule has 2 N–H and O–H groups in total. The fraction of sp³-hybridized carbons (Fsp3) is 0.667. The highest BCUT2D eigenvalue weighted by Gasteiger charge is 2.83. The van der Waals surface area contributed by atoms with E-state index in [4.69, 9.17) is 0 Å². The van der Waals surface area contributed by atoms with Crippen LogP contribution in [0.25, 0.3) is 0 Å². The maximum Gasteiger partial charge on any atom is 0.308 e. The molecule has 6 atom stereocenters. The first kappa shape index (κ1) is 14.6. The van der Waals surface area contributed by atoms with Gasteiger partial charge in [-0.05, 0) is 43.7 Å². The molecule has 132 valence electrons. The van der Waals surface area contributed by atoms with Crippen LogP contribution in [0, 0.1) is 11.3 Å². The second-order valence-electron chi connectivity index (χ2n) is 9.75. The predicted molar refractivity (Wildman–Crippen MR) is 95.4 cm³/mol. The normalized spacial score (nSPS) is 51.4. The zero-order chi connectivity index (χ0) is 17.1. The topological polar surface area (TPSA) is 49.3 Å². The Morgan fingerprint density at radius 3 is 2.88 bits per heavy atom. The van der Waals surface area contributed by atoms with Gasteiger partial charge in [0.25, 0.3) is 0 Å². The molecule has 1 unspecified atom stereocenters. The summed E-state index contributed by atoms with van der Waals surface area (Å²) in [6.45, 7) is 2.47. The molecule has 0 radical (unpaired) electrons. The number of carboxylic acids is 1. The Bertz CT molecular complexity index is 809. The summed E-state index contributed by atoms with van der Waals surface area (Å²) in [5.41, 5.74) is 2.61. The average molecular weight is 339 g/mol. The van der Waals surface area contributed by atoms with Gasteiger partial charge in [0.15, 0.2) is 0 Å². The quantitative estimate of drug-likeness (QED) is 0.774. The minimum Gasteiger partial charge on any atom is -0.481 e. The highest BCUT2D eigenvalue weighted by molar-refractivity contribution is 5.79. The molecule has 4 heteroatoms. The molecule has 3 spiro atoms. The molecule has 6 aliphatic rings. The molecule has 2 saturated heterocycles. The molecular formula is C21H27N2O2+. The van der Waals surface area contributed by atoms with E-state index < -0.39 is 5.97 Å². The van der Waals surface area contributed by atoms with Crippen LogP contribution >= 0.6 is 0 Å². The van der Waals surface area contributed by atoms with Gasteiger partial charge >= 0.3 is 5.97 Å². The molecule has 7 rings (SSSR count). The zero-order valence-electron chi connectivity index (χ0n) is 14.9. The van der Waals surface area contributed by atoms with Crippen molar-refractivity contribution in [2.45, 2.75) is 55.5 Å². The molecule has 1 aromatic rings. The number of likely N-dealkylation sites (N-methyl/N-ethyl adjacent to an activating group) is 1. The Balaban J connectivity index is 1.69. The number of nitrogens with one attached hydrogen (secondary N) is 1. The second kappa shape index (κ2) is 4.06. The summed E-state index contributed by atoms with van der Waals surface area (Å²) in [7, 11) is 2.46. The van der Waals surface area contributed by atoms with Crippen LogP contribution in [0.4, 0.5) is 5.69 Å². The number of para-hydroxylation sites is 1. The largest absolute Gasteiger partial charge is 0.481 e. The van der Waals surface area contributed by atoms with Gasteiger partial charge in [-0.25, -0.2) is 0 Å². The third kappa shape index (κ3) is 1.32. The van der Waals surface area contributed by atoms with Gasteiger partial charge < -0.3 is 14.9 Å². The summed E-state index contributed by atoms with van der Waals surface area (Å²) in [6, 6.07) is 9.33. The second-order valence-corrected chi connectivity index (χ2v) is 9.75. The summed E-state index contributed by atoms with van der Waals surface area (Å²) in [5.74, 6) is -0.835. The molecule has 5 fully saturated rings. The van der Waals surface area contributed by atoms with Gasteiger partial charge in [-0.2, -0.15) is 0 Å². The first-order valence-electron chi connectivity index (χ1n) is 9.92. The number of hydrogen-bond acceptors (Lipinski definition) is 2. The standard InChI is InChI=1S/C21H26N2O2/c1-23-11-4-7-19-8-9-21(15(13-19)17(24)25)20(10-12-23,18(19)23)14-5-2-3-6-16(14)22-21/h2-3,5-6,15,18,22H,4,7-13H2,1H3/p+1/t15-,18-,19-,20+,21+,23?/m0/s1. The number of rotatable bonds is 1. The molecule has 25 heavy (non-hydrogen) atoms. The Morgan fingerprint density at radius 1 is 1.20 bits per heavy atom. The predicted octanol–water partition coefficient (Wildman–Crippen LogP) is 2.99. The lowest BCUT2D eigenvalue weighted by Gasteiger charge is -2.68. The van der Waals surface area contributed by atoms with E-state index in [1.54, 1.807) is 0 Å². The smallest absolute Gasteiger partial charge is 0.308 e. The van der Waals surface area contributed by atoms with Gasteiger partial charge in [-0.15, -0.1) is 0 Å². The van der Waals surface area contributed by atoms with Crippen molar-refractivity contribution in [2.75, 3.05) is 25.5 Å². The maximum absolute atomic E-state index is 12.4. The monoisotopic (exact) mass is 339 g/mol. The minimum absolute atomic E-state index is 0.0122. The van der Waals surface area contributed by atoms with Gasteiger partial charge in [-0.3, -0.25) is 4.79 Å². The summed E-state index contributed by atoms with van der Waals surface area (Å²) >= 11 is 0. The summed E-state index contributed by atoms with van der Waals surface area (Å²) in [6.07, 6.45) is 6.74. The number of fused-ring (bicyclic) bond motifs is 3. The lowest BCUT2D eigenvalue weighted by atomic mass is 9.38. The average Bonchev–Trinajstić information content (AvgIpc) is 3.09. The van der Waals surface area contributed by atoms with E-state index in [1.807, 2.05) is 0 Å². The molecular weight excluding hydrogens is 312 g/mol. The van der Waals surface area contributed by atoms with E-state index in [2.05, 4.69) is 36.6 Å². The van der Waals surface area contributed by atoms with Crippen molar-refractivity contribution in [3.63, 3.8) is 0 Å². The van der Waals surface area contributed by atoms with Crippen LogP contribution in [0.1, 0.15) is 44.1 Å². The van der Waals surface area contributed by atoms with Crippen LogP contribution in [0.15, 0.2) is 24.3 Å². The van der Waals surface area contributed by atoms with Gasteiger partial charge in [0.05, 0.1) is 37.0 Å². The third-order valence-corrected chi connectivity index (χ3v) is 9.11. The number of carbonyl (C=O) groups is 1. The van der Waals surface area contributed by atoms with Crippen LogP contribution in [0.3, 0.4) is 0 Å². The van der Waals surface area contributed by atoms with Crippen molar-refractivity contribution in [3.05, 3.63) is 29.8 Å². The van der Waals surface area contributed by atoms with Crippen molar-refractivity contribution < 1.29 is 14.4 Å². The first-order valence-corrected chi connectivity index (χ1v) is 9.92. The lowest BCUT2D eigenvalue weighted by Crippen LogP contribution is -2.79. The number of piperidine rings is 1. The molecule has 4 nitrogen and oxygen atoms in total. The molecule has 3 heterocycles. The van der Waals surface area contributed by atoms with E-state index in [9.17, 15) is 9.90 Å². The van der Waals surface area contributed by atoms with Crippen LogP contribution in [-0.2, 0) is 10.2 Å². The molecule has 0 amide bonds. The molecule has 3 saturated carbocycles. The summed E-state index contributed by atoms with van der Waals surface area (Å²) in [4.78, 5) is 12.4. The van der Waals surface area contributed by atoms with Gasteiger partial charge in [0.2, 0.25) is 0 Å². The Kier molecular flexibility index (Phi) is 2.37. The van der Waals surface area contributed by atoms with E-state index >= 15 is 0 Å². The number of aliphatic carboxylic acids is 1. The van der Waals surface area contributed by atoms with Crippen molar-refractivity contribution >= 4 is 11.7 Å². The number of nitrogens with zero attached hydrogens (tertiary/aromatic N) is 1. The summed E-state index contributed by atoms with van der Waals surface area (Å²) in [5, 5.41) is 14.1. The highest BCUT2D eigenvalue weighted by atomic mass is 16.4. The fourth-order valence-corrected chi connectivity index (χ4v) is 8.67. The Morgan fingerprint density at radius 2 is 2.04 bits per heavy atom. The molecule has 1 aromatic carbocycles. The van der Waals surface area contributed by atoms with E-state index in [-0.39, 0.29) is 22.3 Å². The van der Waals surface area contributed by atoms with Gasteiger partial charge in [0.1, 0.15) is 6.04 Å². The maximum atomic E-state index is 12.4. The molecule has 2 bridgehead atoms. The number of carboxylic acid groups (broad SMARTS) is 1. The van der Waals surface area contributed by atoms with E-state index in [0.29, 0.717) is 6.04 Å². The lowest BCUT2D eigenvalue weighted by molar-refractivity contribution is -0.939. The Labute approximate surface area is 148 Å². The van der Waals surface area contributed by atoms with Crippen molar-refractivity contribution in [2.24, 2.45) is 11.3 Å². The third-order valence-electron chi connectivity index (χ3n) is 9.11. The van der Waals surface area contributed by atoms with Crippen LogP contribution in [0.2, 0.25) is 0 Å². The van der Waals surface area contributed by atoms with Gasteiger partial charge in [0, 0.05) is 17.5 Å². The zero-order valence-corrected chi connectivity index (χ0v) is 14.9. The molecule has 3 aliphatic carbocycles. The number of benzene rings is 1. The number of quaternary nitrogens is 1.